The minimum atomic E-state index is -1.20. The summed E-state index contributed by atoms with van der Waals surface area (Å²) in [5.74, 6) is 0.514. The number of halogens is 1. The van der Waals surface area contributed by atoms with Gasteiger partial charge in [0, 0.05) is 18.0 Å². The summed E-state index contributed by atoms with van der Waals surface area (Å²) in [6, 6.07) is 12.6. The smallest absolute Gasteiger partial charge is 0.325 e. The van der Waals surface area contributed by atoms with Crippen LogP contribution in [0.3, 0.4) is 0 Å². The quantitative estimate of drug-likeness (QED) is 0.506. The van der Waals surface area contributed by atoms with Crippen molar-refractivity contribution in [2.24, 2.45) is 5.92 Å². The molecule has 1 aromatic carbocycles. The number of hydrogen-bond acceptors (Lipinski definition) is 6. The predicted molar refractivity (Wildman–Crippen MR) is 124 cm³/mol. The zero-order valence-electron chi connectivity index (χ0n) is 19.2. The fraction of sp³-hybridized carbons (Fsp3) is 0.346. The molecule has 2 aliphatic heterocycles. The SMILES string of the molecule is O=C1NC(c2cccnc2)(C2CCN(Cc3ccc(CO)o3)CC2)C(=O)N1Cc1ccc(F)cc1. The lowest BCUT2D eigenvalue weighted by Gasteiger charge is -2.40. The molecule has 9 heteroatoms. The van der Waals surface area contributed by atoms with Crippen LogP contribution in [-0.4, -0.2) is 44.9 Å². The fourth-order valence-electron chi connectivity index (χ4n) is 5.15. The number of piperidine rings is 1. The molecule has 4 heterocycles. The van der Waals surface area contributed by atoms with Gasteiger partial charge in [0.2, 0.25) is 0 Å². The van der Waals surface area contributed by atoms with Gasteiger partial charge in [-0.2, -0.15) is 0 Å². The Labute approximate surface area is 202 Å². The van der Waals surface area contributed by atoms with Crippen molar-refractivity contribution in [3.05, 3.63) is 89.4 Å². The summed E-state index contributed by atoms with van der Waals surface area (Å²) in [5.41, 5.74) is 0.135. The molecule has 1 unspecified atom stereocenters. The molecule has 0 radical (unpaired) electrons. The molecule has 0 bridgehead atoms. The van der Waals surface area contributed by atoms with E-state index in [1.165, 1.54) is 17.0 Å². The van der Waals surface area contributed by atoms with Crippen molar-refractivity contribution in [2.75, 3.05) is 13.1 Å². The minimum absolute atomic E-state index is 0.0670. The topological polar surface area (TPSA) is 98.9 Å². The third-order valence-corrected chi connectivity index (χ3v) is 6.96. The first-order valence-corrected chi connectivity index (χ1v) is 11.7. The van der Waals surface area contributed by atoms with Gasteiger partial charge in [-0.15, -0.1) is 0 Å². The molecule has 2 fully saturated rings. The highest BCUT2D eigenvalue weighted by Crippen LogP contribution is 2.41. The molecule has 35 heavy (non-hydrogen) atoms. The third kappa shape index (κ3) is 4.44. The van der Waals surface area contributed by atoms with Crippen LogP contribution in [0.1, 0.15) is 35.5 Å². The van der Waals surface area contributed by atoms with Crippen molar-refractivity contribution in [1.82, 2.24) is 20.1 Å². The van der Waals surface area contributed by atoms with Crippen LogP contribution >= 0.6 is 0 Å². The summed E-state index contributed by atoms with van der Waals surface area (Å²) < 4.78 is 19.0. The summed E-state index contributed by atoms with van der Waals surface area (Å²) in [5, 5.41) is 12.2. The van der Waals surface area contributed by atoms with Crippen LogP contribution in [0.4, 0.5) is 9.18 Å². The predicted octanol–water partition coefficient (Wildman–Crippen LogP) is 3.17. The normalized spacial score (nSPS) is 21.5. The van der Waals surface area contributed by atoms with E-state index < -0.39 is 11.6 Å². The average Bonchev–Trinajstić information content (AvgIpc) is 3.44. The molecule has 5 rings (SSSR count). The molecule has 3 amide bonds. The number of aromatic nitrogens is 1. The van der Waals surface area contributed by atoms with Gasteiger partial charge >= 0.3 is 6.03 Å². The fourth-order valence-corrected chi connectivity index (χ4v) is 5.15. The second-order valence-corrected chi connectivity index (χ2v) is 9.07. The standard InChI is InChI=1S/C26H27FN4O4/c27-21-5-3-18(4-6-21)15-31-24(33)26(29-25(31)34,20-2-1-11-28-14-20)19-9-12-30(13-10-19)16-22-7-8-23(17-32)35-22/h1-8,11,14,19,32H,9-10,12-13,15-17H2,(H,29,34). The van der Waals surface area contributed by atoms with Crippen molar-refractivity contribution < 1.29 is 23.5 Å². The molecular weight excluding hydrogens is 451 g/mol. The van der Waals surface area contributed by atoms with Crippen LogP contribution in [0.25, 0.3) is 0 Å². The Kier molecular flexibility index (Phi) is 6.36. The van der Waals surface area contributed by atoms with E-state index in [4.69, 9.17) is 4.42 Å². The Morgan fingerprint density at radius 1 is 1.06 bits per heavy atom. The van der Waals surface area contributed by atoms with Crippen molar-refractivity contribution in [2.45, 2.75) is 38.1 Å². The first-order valence-electron chi connectivity index (χ1n) is 11.7. The molecule has 0 aliphatic carbocycles. The number of nitrogens with one attached hydrogen (secondary N) is 1. The number of benzene rings is 1. The number of carbonyl (C=O) groups is 2. The Morgan fingerprint density at radius 2 is 1.80 bits per heavy atom. The number of likely N-dealkylation sites (tertiary alicyclic amines) is 1. The van der Waals surface area contributed by atoms with Gasteiger partial charge < -0.3 is 14.8 Å². The second-order valence-electron chi connectivity index (χ2n) is 9.07. The number of rotatable bonds is 7. The number of aliphatic hydroxyl groups excluding tert-OH is 1. The number of amides is 3. The number of carbonyl (C=O) groups excluding carboxylic acids is 2. The Bertz CT molecular complexity index is 1190. The van der Waals surface area contributed by atoms with Crippen LogP contribution in [0, 0.1) is 11.7 Å². The highest BCUT2D eigenvalue weighted by Gasteiger charge is 2.57. The van der Waals surface area contributed by atoms with E-state index in [9.17, 15) is 19.1 Å². The summed E-state index contributed by atoms with van der Waals surface area (Å²) >= 11 is 0. The Balaban J connectivity index is 1.37. The molecule has 1 atom stereocenters. The van der Waals surface area contributed by atoms with E-state index >= 15 is 0 Å². The Morgan fingerprint density at radius 3 is 2.46 bits per heavy atom. The number of hydrogen-bond donors (Lipinski definition) is 2. The zero-order chi connectivity index (χ0) is 24.4. The van der Waals surface area contributed by atoms with Gasteiger partial charge in [-0.05, 0) is 67.7 Å². The molecule has 2 aliphatic rings. The molecular formula is C26H27FN4O4. The molecule has 2 N–H and O–H groups in total. The van der Waals surface area contributed by atoms with E-state index in [2.05, 4.69) is 15.2 Å². The molecule has 2 aromatic heterocycles. The Hall–Kier alpha value is -3.56. The highest BCUT2D eigenvalue weighted by atomic mass is 19.1. The maximum atomic E-state index is 13.9. The van der Waals surface area contributed by atoms with Gasteiger partial charge in [0.1, 0.15) is 23.9 Å². The van der Waals surface area contributed by atoms with Gasteiger partial charge in [0.25, 0.3) is 5.91 Å². The number of pyridine rings is 1. The van der Waals surface area contributed by atoms with Gasteiger partial charge in [-0.3, -0.25) is 19.6 Å². The largest absolute Gasteiger partial charge is 0.462 e. The molecule has 2 saturated heterocycles. The minimum Gasteiger partial charge on any atom is -0.462 e. The van der Waals surface area contributed by atoms with E-state index in [1.807, 2.05) is 12.1 Å². The van der Waals surface area contributed by atoms with Crippen molar-refractivity contribution in [1.29, 1.82) is 0 Å². The van der Waals surface area contributed by atoms with Gasteiger partial charge in [0.05, 0.1) is 13.1 Å². The van der Waals surface area contributed by atoms with Crippen LogP contribution in [-0.2, 0) is 30.0 Å². The average molecular weight is 479 g/mol. The first kappa shape index (κ1) is 23.2. The number of aliphatic hydroxyl groups is 1. The van der Waals surface area contributed by atoms with E-state index in [0.717, 1.165) is 18.8 Å². The van der Waals surface area contributed by atoms with Crippen LogP contribution in [0.5, 0.6) is 0 Å². The van der Waals surface area contributed by atoms with Crippen LogP contribution in [0.15, 0.2) is 65.3 Å². The number of furan rings is 1. The molecule has 182 valence electrons. The van der Waals surface area contributed by atoms with Crippen molar-refractivity contribution in [3.8, 4) is 0 Å². The van der Waals surface area contributed by atoms with Crippen LogP contribution < -0.4 is 5.32 Å². The van der Waals surface area contributed by atoms with Gasteiger partial charge in [-0.25, -0.2) is 9.18 Å². The summed E-state index contributed by atoms with van der Waals surface area (Å²) in [6.45, 7) is 2.00. The van der Waals surface area contributed by atoms with Crippen LogP contribution in [0.2, 0.25) is 0 Å². The van der Waals surface area contributed by atoms with E-state index in [1.54, 1.807) is 36.7 Å². The highest BCUT2D eigenvalue weighted by molar-refractivity contribution is 6.07. The maximum Gasteiger partial charge on any atom is 0.325 e. The monoisotopic (exact) mass is 478 g/mol. The lowest BCUT2D eigenvalue weighted by atomic mass is 9.73. The second kappa shape index (κ2) is 9.59. The first-order chi connectivity index (χ1) is 17.0. The molecule has 0 spiro atoms. The maximum absolute atomic E-state index is 13.9. The van der Waals surface area contributed by atoms with Gasteiger partial charge in [0.15, 0.2) is 5.54 Å². The van der Waals surface area contributed by atoms with E-state index in [0.29, 0.717) is 36.3 Å². The number of imide groups is 1. The zero-order valence-corrected chi connectivity index (χ0v) is 19.2. The van der Waals surface area contributed by atoms with Crippen molar-refractivity contribution in [3.63, 3.8) is 0 Å². The number of nitrogens with zero attached hydrogens (tertiary/aromatic N) is 3. The summed E-state index contributed by atoms with van der Waals surface area (Å²) in [6.07, 6.45) is 4.67. The molecule has 8 nitrogen and oxygen atoms in total. The lowest BCUT2D eigenvalue weighted by Crippen LogP contribution is -2.53. The van der Waals surface area contributed by atoms with Gasteiger partial charge in [-0.1, -0.05) is 18.2 Å². The molecule has 3 aromatic rings. The summed E-state index contributed by atoms with van der Waals surface area (Å²) in [7, 11) is 0. The number of urea groups is 1. The van der Waals surface area contributed by atoms with E-state index in [-0.39, 0.29) is 30.8 Å². The third-order valence-electron chi connectivity index (χ3n) is 6.96. The lowest BCUT2D eigenvalue weighted by molar-refractivity contribution is -0.135. The molecule has 0 saturated carbocycles. The van der Waals surface area contributed by atoms with Crippen molar-refractivity contribution >= 4 is 11.9 Å². The summed E-state index contributed by atoms with van der Waals surface area (Å²) in [4.78, 5) is 34.7.